The zero-order valence-electron chi connectivity index (χ0n) is 10.8. The van der Waals surface area contributed by atoms with Gasteiger partial charge in [-0.3, -0.25) is 9.78 Å². The van der Waals surface area contributed by atoms with E-state index in [9.17, 15) is 4.79 Å². The summed E-state index contributed by atoms with van der Waals surface area (Å²) in [6.45, 7) is 0. The molecule has 2 rings (SSSR count). The molecule has 2 aromatic rings. The Labute approximate surface area is 112 Å². The molecule has 1 amide bonds. The first-order chi connectivity index (χ1) is 9.16. The molecule has 0 unspecified atom stereocenters. The molecule has 0 spiro atoms. The van der Waals surface area contributed by atoms with Crippen LogP contribution in [0.2, 0.25) is 0 Å². The largest absolute Gasteiger partial charge is 0.384 e. The van der Waals surface area contributed by atoms with Gasteiger partial charge in [0, 0.05) is 25.4 Å². The second kappa shape index (κ2) is 5.95. The van der Waals surface area contributed by atoms with E-state index in [0.29, 0.717) is 18.7 Å². The summed E-state index contributed by atoms with van der Waals surface area (Å²) in [5.74, 6) is 0.468. The van der Waals surface area contributed by atoms with Gasteiger partial charge in [-0.15, -0.1) is 0 Å². The predicted molar refractivity (Wildman–Crippen MR) is 74.6 cm³/mol. The maximum Gasteiger partial charge on any atom is 0.227 e. The number of anilines is 2. The lowest BCUT2D eigenvalue weighted by atomic mass is 10.2. The zero-order valence-corrected chi connectivity index (χ0v) is 10.8. The van der Waals surface area contributed by atoms with Crippen LogP contribution >= 0.6 is 0 Å². The molecule has 0 atom stereocenters. The van der Waals surface area contributed by atoms with Crippen molar-refractivity contribution >= 4 is 17.4 Å². The average molecular weight is 256 g/mol. The Kier molecular flexibility index (Phi) is 4.07. The van der Waals surface area contributed by atoms with Crippen molar-refractivity contribution < 1.29 is 4.79 Å². The summed E-state index contributed by atoms with van der Waals surface area (Å²) in [6.07, 6.45) is 4.37. The zero-order chi connectivity index (χ0) is 13.7. The minimum atomic E-state index is 0.0252. The molecular weight excluding hydrogens is 240 g/mol. The maximum absolute atomic E-state index is 12.0. The molecule has 2 heterocycles. The van der Waals surface area contributed by atoms with E-state index < -0.39 is 0 Å². The van der Waals surface area contributed by atoms with Crippen LogP contribution in [0.3, 0.4) is 0 Å². The van der Waals surface area contributed by atoms with Crippen molar-refractivity contribution in [2.24, 2.45) is 0 Å². The van der Waals surface area contributed by atoms with Gasteiger partial charge < -0.3 is 10.6 Å². The van der Waals surface area contributed by atoms with Crippen LogP contribution in [0.25, 0.3) is 0 Å². The number of aromatic nitrogens is 2. The number of hydrogen-bond donors (Lipinski definition) is 1. The van der Waals surface area contributed by atoms with Gasteiger partial charge in [0.1, 0.15) is 5.82 Å². The van der Waals surface area contributed by atoms with Crippen LogP contribution in [0, 0.1) is 0 Å². The number of carbonyl (C=O) groups excluding carboxylic acids is 1. The smallest absolute Gasteiger partial charge is 0.227 e. The van der Waals surface area contributed by atoms with E-state index in [1.165, 1.54) is 0 Å². The molecule has 19 heavy (non-hydrogen) atoms. The molecule has 0 radical (unpaired) electrons. The lowest BCUT2D eigenvalue weighted by Crippen LogP contribution is -2.26. The van der Waals surface area contributed by atoms with Gasteiger partial charge in [-0.25, -0.2) is 4.98 Å². The van der Waals surface area contributed by atoms with Crippen molar-refractivity contribution in [3.8, 4) is 0 Å². The first-order valence-electron chi connectivity index (χ1n) is 6.05. The summed E-state index contributed by atoms with van der Waals surface area (Å²) in [5.41, 5.74) is 7.17. The van der Waals surface area contributed by atoms with E-state index >= 15 is 0 Å². The Balaban J connectivity index is 1.94. The van der Waals surface area contributed by atoms with E-state index in [1.807, 2.05) is 18.2 Å². The Morgan fingerprint density at radius 2 is 2.11 bits per heavy atom. The molecule has 2 N–H and O–H groups in total. The number of hydrogen-bond acceptors (Lipinski definition) is 4. The maximum atomic E-state index is 12.0. The fraction of sp³-hybridized carbons (Fsp3) is 0.214. The van der Waals surface area contributed by atoms with Crippen LogP contribution < -0.4 is 10.6 Å². The van der Waals surface area contributed by atoms with E-state index in [4.69, 9.17) is 5.73 Å². The molecule has 0 aliphatic rings. The van der Waals surface area contributed by atoms with Gasteiger partial charge in [0.2, 0.25) is 5.91 Å². The van der Waals surface area contributed by atoms with Crippen LogP contribution in [0.15, 0.2) is 42.7 Å². The molecule has 0 aliphatic heterocycles. The van der Waals surface area contributed by atoms with Gasteiger partial charge in [-0.05, 0) is 30.7 Å². The molecule has 0 aliphatic carbocycles. The SMILES string of the molecule is CN(C(=O)CCc1ccccn1)c1ccc(N)nc1. The molecule has 0 saturated carbocycles. The topological polar surface area (TPSA) is 72.1 Å². The number of nitrogen functional groups attached to an aromatic ring is 1. The van der Waals surface area contributed by atoms with Gasteiger partial charge in [0.05, 0.1) is 11.9 Å². The van der Waals surface area contributed by atoms with Crippen molar-refractivity contribution in [3.05, 3.63) is 48.4 Å². The van der Waals surface area contributed by atoms with E-state index in [-0.39, 0.29) is 5.91 Å². The normalized spacial score (nSPS) is 10.2. The molecule has 2 aromatic heterocycles. The molecule has 0 fully saturated rings. The number of amides is 1. The summed E-state index contributed by atoms with van der Waals surface area (Å²) in [6, 6.07) is 9.15. The van der Waals surface area contributed by atoms with E-state index in [1.54, 1.807) is 36.5 Å². The van der Waals surface area contributed by atoms with Crippen molar-refractivity contribution in [2.45, 2.75) is 12.8 Å². The molecule has 98 valence electrons. The van der Waals surface area contributed by atoms with Crippen molar-refractivity contribution in [2.75, 3.05) is 17.7 Å². The highest BCUT2D eigenvalue weighted by atomic mass is 16.2. The van der Waals surface area contributed by atoms with Crippen LogP contribution in [0.4, 0.5) is 11.5 Å². The number of rotatable bonds is 4. The number of pyridine rings is 2. The molecule has 0 bridgehead atoms. The van der Waals surface area contributed by atoms with Gasteiger partial charge in [-0.1, -0.05) is 6.07 Å². The Hall–Kier alpha value is -2.43. The lowest BCUT2D eigenvalue weighted by Gasteiger charge is -2.16. The first kappa shape index (κ1) is 13.0. The second-order valence-corrected chi connectivity index (χ2v) is 4.22. The van der Waals surface area contributed by atoms with Gasteiger partial charge >= 0.3 is 0 Å². The second-order valence-electron chi connectivity index (χ2n) is 4.22. The van der Waals surface area contributed by atoms with E-state index in [2.05, 4.69) is 9.97 Å². The minimum absolute atomic E-state index is 0.0252. The number of nitrogens with zero attached hydrogens (tertiary/aromatic N) is 3. The van der Waals surface area contributed by atoms with Crippen LogP contribution in [0.5, 0.6) is 0 Å². The predicted octanol–water partition coefficient (Wildman–Crippen LogP) is 1.65. The number of nitrogens with two attached hydrogens (primary N) is 1. The fourth-order valence-corrected chi connectivity index (χ4v) is 1.69. The standard InChI is InChI=1S/C14H16N4O/c1-18(12-6-7-13(15)17-10-12)14(19)8-5-11-4-2-3-9-16-11/h2-4,6-7,9-10H,5,8H2,1H3,(H2,15,17). The monoisotopic (exact) mass is 256 g/mol. The third-order valence-corrected chi connectivity index (χ3v) is 2.85. The summed E-state index contributed by atoms with van der Waals surface area (Å²) < 4.78 is 0. The third-order valence-electron chi connectivity index (χ3n) is 2.85. The van der Waals surface area contributed by atoms with Gasteiger partial charge in [0.15, 0.2) is 0 Å². The lowest BCUT2D eigenvalue weighted by molar-refractivity contribution is -0.118. The molecule has 5 nitrogen and oxygen atoms in total. The highest BCUT2D eigenvalue weighted by Crippen LogP contribution is 2.13. The summed E-state index contributed by atoms with van der Waals surface area (Å²) in [5, 5.41) is 0. The molecule has 0 saturated heterocycles. The number of carbonyl (C=O) groups is 1. The Morgan fingerprint density at radius 3 is 2.74 bits per heavy atom. The molecular formula is C14H16N4O. The quantitative estimate of drug-likeness (QED) is 0.902. The highest BCUT2D eigenvalue weighted by Gasteiger charge is 2.11. The van der Waals surface area contributed by atoms with E-state index in [0.717, 1.165) is 11.4 Å². The highest BCUT2D eigenvalue weighted by molar-refractivity contribution is 5.92. The molecule has 5 heteroatoms. The summed E-state index contributed by atoms with van der Waals surface area (Å²) in [4.78, 5) is 21.8. The van der Waals surface area contributed by atoms with Crippen LogP contribution in [-0.4, -0.2) is 22.9 Å². The first-order valence-corrected chi connectivity index (χ1v) is 6.05. The van der Waals surface area contributed by atoms with Crippen LogP contribution in [0.1, 0.15) is 12.1 Å². The summed E-state index contributed by atoms with van der Waals surface area (Å²) in [7, 11) is 1.73. The minimum Gasteiger partial charge on any atom is -0.384 e. The Morgan fingerprint density at radius 1 is 1.26 bits per heavy atom. The van der Waals surface area contributed by atoms with Crippen molar-refractivity contribution in [1.29, 1.82) is 0 Å². The Bertz CT molecular complexity index is 539. The molecule has 0 aromatic carbocycles. The van der Waals surface area contributed by atoms with Crippen molar-refractivity contribution in [3.63, 3.8) is 0 Å². The van der Waals surface area contributed by atoms with Crippen molar-refractivity contribution in [1.82, 2.24) is 9.97 Å². The fourth-order valence-electron chi connectivity index (χ4n) is 1.69. The summed E-state index contributed by atoms with van der Waals surface area (Å²) >= 11 is 0. The van der Waals surface area contributed by atoms with Gasteiger partial charge in [-0.2, -0.15) is 0 Å². The third kappa shape index (κ3) is 3.51. The van der Waals surface area contributed by atoms with Gasteiger partial charge in [0.25, 0.3) is 0 Å². The number of aryl methyl sites for hydroxylation is 1. The van der Waals surface area contributed by atoms with Crippen LogP contribution in [-0.2, 0) is 11.2 Å². The average Bonchev–Trinajstić information content (AvgIpc) is 2.46.